The van der Waals surface area contributed by atoms with E-state index in [0.717, 1.165) is 12.0 Å². The zero-order valence-corrected chi connectivity index (χ0v) is 9.84. The van der Waals surface area contributed by atoms with Crippen LogP contribution in [0.4, 0.5) is 0 Å². The van der Waals surface area contributed by atoms with Crippen molar-refractivity contribution in [2.75, 3.05) is 13.1 Å². The third kappa shape index (κ3) is 1.63. The molecule has 2 aliphatic rings. The second-order valence-electron chi connectivity index (χ2n) is 5.61. The molecule has 1 saturated heterocycles. The maximum Gasteiger partial charge on any atom is 0.00464 e. The van der Waals surface area contributed by atoms with E-state index < -0.39 is 0 Å². The summed E-state index contributed by atoms with van der Waals surface area (Å²) in [7, 11) is 0. The van der Waals surface area contributed by atoms with Crippen molar-refractivity contribution in [1.29, 1.82) is 0 Å². The Labute approximate surface area is 88.2 Å². The molecule has 80 valence electrons. The smallest absolute Gasteiger partial charge is 0.00464 e. The van der Waals surface area contributed by atoms with Crippen molar-refractivity contribution in [2.24, 2.45) is 11.3 Å². The van der Waals surface area contributed by atoms with Crippen LogP contribution in [0.25, 0.3) is 0 Å². The van der Waals surface area contributed by atoms with Gasteiger partial charge in [0.05, 0.1) is 0 Å². The lowest BCUT2D eigenvalue weighted by molar-refractivity contribution is 0.0936. The third-order valence-corrected chi connectivity index (χ3v) is 4.18. The zero-order chi connectivity index (χ0) is 10.3. The van der Waals surface area contributed by atoms with E-state index >= 15 is 0 Å². The highest BCUT2D eigenvalue weighted by molar-refractivity contribution is 5.14. The molecule has 1 unspecified atom stereocenters. The van der Waals surface area contributed by atoms with Crippen LogP contribution in [-0.4, -0.2) is 24.0 Å². The van der Waals surface area contributed by atoms with Gasteiger partial charge < -0.3 is 4.90 Å². The Morgan fingerprint density at radius 2 is 2.07 bits per heavy atom. The molecule has 0 aromatic heterocycles. The predicted molar refractivity (Wildman–Crippen MR) is 61.3 cm³/mol. The number of nitrogens with zero attached hydrogens (tertiary/aromatic N) is 1. The first kappa shape index (κ1) is 10.2. The number of piperidine rings is 1. The second kappa shape index (κ2) is 3.37. The van der Waals surface area contributed by atoms with Crippen molar-refractivity contribution >= 4 is 0 Å². The van der Waals surface area contributed by atoms with Gasteiger partial charge in [-0.1, -0.05) is 12.2 Å². The van der Waals surface area contributed by atoms with Crippen LogP contribution < -0.4 is 0 Å². The molecule has 1 heterocycles. The van der Waals surface area contributed by atoms with E-state index in [4.69, 9.17) is 0 Å². The van der Waals surface area contributed by atoms with Gasteiger partial charge in [-0.3, -0.25) is 0 Å². The molecule has 2 fully saturated rings. The highest BCUT2D eigenvalue weighted by atomic mass is 15.2. The lowest BCUT2D eigenvalue weighted by atomic mass is 9.78. The first-order valence-electron chi connectivity index (χ1n) is 5.95. The molecule has 0 aromatic rings. The van der Waals surface area contributed by atoms with Gasteiger partial charge in [0.15, 0.2) is 0 Å². The molecule has 1 aliphatic carbocycles. The monoisotopic (exact) mass is 193 g/mol. The summed E-state index contributed by atoms with van der Waals surface area (Å²) in [5.41, 5.74) is 2.07. The van der Waals surface area contributed by atoms with Crippen LogP contribution in [-0.2, 0) is 0 Å². The van der Waals surface area contributed by atoms with Crippen LogP contribution in [0, 0.1) is 11.3 Å². The zero-order valence-electron chi connectivity index (χ0n) is 9.84. The normalized spacial score (nSPS) is 31.0. The number of hydrogen-bond donors (Lipinski definition) is 0. The highest BCUT2D eigenvalue weighted by Crippen LogP contribution is 2.57. The van der Waals surface area contributed by atoms with E-state index in [9.17, 15) is 0 Å². The fourth-order valence-corrected chi connectivity index (χ4v) is 3.07. The summed E-state index contributed by atoms with van der Waals surface area (Å²) in [4.78, 5) is 2.65. The Morgan fingerprint density at radius 1 is 1.43 bits per heavy atom. The minimum atomic E-state index is 0.647. The molecule has 1 heteroatoms. The van der Waals surface area contributed by atoms with E-state index in [-0.39, 0.29) is 0 Å². The molecule has 1 spiro atoms. The van der Waals surface area contributed by atoms with Crippen molar-refractivity contribution < 1.29 is 0 Å². The van der Waals surface area contributed by atoms with Crippen molar-refractivity contribution in [3.8, 4) is 0 Å². The predicted octanol–water partition coefficient (Wildman–Crippen LogP) is 3.07. The van der Waals surface area contributed by atoms with Gasteiger partial charge in [0.1, 0.15) is 0 Å². The lowest BCUT2D eigenvalue weighted by Crippen LogP contribution is -2.45. The Hall–Kier alpha value is -0.300. The average Bonchev–Trinajstić information content (AvgIpc) is 2.84. The first-order valence-corrected chi connectivity index (χ1v) is 5.95. The summed E-state index contributed by atoms with van der Waals surface area (Å²) < 4.78 is 0. The van der Waals surface area contributed by atoms with Crippen LogP contribution >= 0.6 is 0 Å². The Bertz CT molecular complexity index is 238. The fourth-order valence-electron chi connectivity index (χ4n) is 3.07. The Morgan fingerprint density at radius 3 is 2.50 bits per heavy atom. The molecule has 14 heavy (non-hydrogen) atoms. The van der Waals surface area contributed by atoms with E-state index in [2.05, 4.69) is 32.3 Å². The molecule has 0 bridgehead atoms. The van der Waals surface area contributed by atoms with Crippen LogP contribution in [0.1, 0.15) is 40.0 Å². The molecule has 2 rings (SSSR count). The van der Waals surface area contributed by atoms with Crippen LogP contribution in [0.2, 0.25) is 0 Å². The summed E-state index contributed by atoms with van der Waals surface area (Å²) in [6.07, 6.45) is 4.22. The molecule has 1 nitrogen and oxygen atoms in total. The second-order valence-corrected chi connectivity index (χ2v) is 5.61. The van der Waals surface area contributed by atoms with E-state index in [0.29, 0.717) is 5.41 Å². The average molecular weight is 193 g/mol. The number of hydrogen-bond acceptors (Lipinski definition) is 1. The van der Waals surface area contributed by atoms with Crippen molar-refractivity contribution in [1.82, 2.24) is 4.90 Å². The topological polar surface area (TPSA) is 3.24 Å². The standard InChI is InChI=1S/C13H23N/c1-10(2)12-5-8-14(11(3)4)9-13(12)6-7-13/h11-12H,1,5-9H2,2-4H3. The van der Waals surface area contributed by atoms with Gasteiger partial charge in [-0.25, -0.2) is 0 Å². The summed E-state index contributed by atoms with van der Waals surface area (Å²) in [5.74, 6) is 0.817. The molecule has 0 N–H and O–H groups in total. The van der Waals surface area contributed by atoms with Gasteiger partial charge in [0, 0.05) is 12.6 Å². The molecular weight excluding hydrogens is 170 g/mol. The van der Waals surface area contributed by atoms with Gasteiger partial charge >= 0.3 is 0 Å². The van der Waals surface area contributed by atoms with Crippen molar-refractivity contribution in [3.05, 3.63) is 12.2 Å². The van der Waals surface area contributed by atoms with E-state index in [1.54, 1.807) is 0 Å². The highest BCUT2D eigenvalue weighted by Gasteiger charge is 2.52. The van der Waals surface area contributed by atoms with Gasteiger partial charge in [-0.15, -0.1) is 0 Å². The maximum absolute atomic E-state index is 4.17. The summed E-state index contributed by atoms with van der Waals surface area (Å²) in [6, 6.07) is 0.721. The lowest BCUT2D eigenvalue weighted by Gasteiger charge is -2.41. The van der Waals surface area contributed by atoms with Crippen molar-refractivity contribution in [2.45, 2.75) is 46.1 Å². The van der Waals surface area contributed by atoms with Crippen LogP contribution in [0.3, 0.4) is 0 Å². The first-order chi connectivity index (χ1) is 6.55. The molecule has 0 radical (unpaired) electrons. The van der Waals surface area contributed by atoms with Crippen LogP contribution in [0.5, 0.6) is 0 Å². The van der Waals surface area contributed by atoms with Gasteiger partial charge in [0.2, 0.25) is 0 Å². The minimum absolute atomic E-state index is 0.647. The quantitative estimate of drug-likeness (QED) is 0.609. The van der Waals surface area contributed by atoms with E-state index in [1.165, 1.54) is 37.9 Å². The SMILES string of the molecule is C=C(C)C1CCN(C(C)C)CC12CC2. The molecule has 0 amide bonds. The maximum atomic E-state index is 4.17. The molecule has 1 saturated carbocycles. The molecule has 1 atom stereocenters. The fraction of sp³-hybridized carbons (Fsp3) is 0.846. The van der Waals surface area contributed by atoms with Gasteiger partial charge in [0.25, 0.3) is 0 Å². The molecular formula is C13H23N. The van der Waals surface area contributed by atoms with Gasteiger partial charge in [-0.05, 0) is 57.9 Å². The third-order valence-electron chi connectivity index (χ3n) is 4.18. The largest absolute Gasteiger partial charge is 0.300 e. The molecule has 1 aliphatic heterocycles. The summed E-state index contributed by atoms with van der Waals surface area (Å²) in [5, 5.41) is 0. The van der Waals surface area contributed by atoms with Crippen molar-refractivity contribution in [3.63, 3.8) is 0 Å². The Balaban J connectivity index is 2.06. The van der Waals surface area contributed by atoms with Gasteiger partial charge in [-0.2, -0.15) is 0 Å². The summed E-state index contributed by atoms with van der Waals surface area (Å²) in [6.45, 7) is 13.6. The Kier molecular flexibility index (Phi) is 2.46. The summed E-state index contributed by atoms with van der Waals surface area (Å²) >= 11 is 0. The number of allylic oxidation sites excluding steroid dienone is 1. The number of likely N-dealkylation sites (tertiary alicyclic amines) is 1. The number of rotatable bonds is 2. The van der Waals surface area contributed by atoms with Crippen LogP contribution in [0.15, 0.2) is 12.2 Å². The minimum Gasteiger partial charge on any atom is -0.300 e. The molecule has 0 aromatic carbocycles. The van der Waals surface area contributed by atoms with E-state index in [1.807, 2.05) is 0 Å².